The fraction of sp³-hybridized carbons (Fsp3) is 0.172. The lowest BCUT2D eigenvalue weighted by Gasteiger charge is -2.19. The number of hydrogen-bond acceptors (Lipinski definition) is 4. The summed E-state index contributed by atoms with van der Waals surface area (Å²) in [6.45, 7) is 3.80. The summed E-state index contributed by atoms with van der Waals surface area (Å²) in [5, 5.41) is 9.43. The molecule has 0 aliphatic heterocycles. The van der Waals surface area contributed by atoms with Crippen molar-refractivity contribution in [2.24, 2.45) is 0 Å². The molecule has 0 saturated carbocycles. The van der Waals surface area contributed by atoms with Gasteiger partial charge in [-0.15, -0.1) is 0 Å². The van der Waals surface area contributed by atoms with Crippen LogP contribution in [-0.4, -0.2) is 11.7 Å². The Labute approximate surface area is 211 Å². The van der Waals surface area contributed by atoms with Crippen molar-refractivity contribution in [2.45, 2.75) is 26.6 Å². The monoisotopic (exact) mass is 504 g/mol. The van der Waals surface area contributed by atoms with Crippen molar-refractivity contribution >= 4 is 0 Å². The number of pyridine rings is 1. The van der Waals surface area contributed by atoms with E-state index < -0.39 is 22.9 Å². The molecule has 188 valence electrons. The van der Waals surface area contributed by atoms with Crippen molar-refractivity contribution in [3.8, 4) is 34.6 Å². The first-order chi connectivity index (χ1) is 17.6. The highest BCUT2D eigenvalue weighted by atomic mass is 19.4. The molecule has 1 aromatic heterocycles. The van der Waals surface area contributed by atoms with Crippen molar-refractivity contribution in [3.05, 3.63) is 111 Å². The molecule has 0 saturated heterocycles. The lowest BCUT2D eigenvalue weighted by Crippen LogP contribution is -2.29. The van der Waals surface area contributed by atoms with E-state index in [1.165, 1.54) is 10.6 Å². The second-order valence-electron chi connectivity index (χ2n) is 8.55. The highest BCUT2D eigenvalue weighted by molar-refractivity contribution is 5.64. The van der Waals surface area contributed by atoms with Crippen molar-refractivity contribution in [2.75, 3.05) is 7.11 Å². The second kappa shape index (κ2) is 10.2. The van der Waals surface area contributed by atoms with E-state index in [0.29, 0.717) is 22.8 Å². The summed E-state index contributed by atoms with van der Waals surface area (Å²) in [6, 6.07) is 21.3. The van der Waals surface area contributed by atoms with E-state index in [0.717, 1.165) is 22.8 Å². The van der Waals surface area contributed by atoms with Gasteiger partial charge in [-0.05, 0) is 73.0 Å². The first-order valence-electron chi connectivity index (χ1n) is 11.3. The molecule has 0 N–H and O–H groups in total. The van der Waals surface area contributed by atoms with E-state index in [1.54, 1.807) is 55.6 Å². The molecule has 5 nitrogen and oxygen atoms in total. The van der Waals surface area contributed by atoms with Crippen LogP contribution in [0.4, 0.5) is 13.2 Å². The summed E-state index contributed by atoms with van der Waals surface area (Å²) in [7, 11) is 1.54. The molecule has 4 aromatic rings. The molecule has 1 heterocycles. The molecule has 0 fully saturated rings. The number of hydrogen-bond donors (Lipinski definition) is 0. The maximum absolute atomic E-state index is 13.8. The zero-order chi connectivity index (χ0) is 26.7. The number of aromatic nitrogens is 1. The van der Waals surface area contributed by atoms with E-state index in [4.69, 9.17) is 9.47 Å². The number of aryl methyl sites for hydroxylation is 2. The fourth-order valence-electron chi connectivity index (χ4n) is 4.06. The number of rotatable bonds is 6. The normalized spacial score (nSPS) is 11.2. The molecule has 0 atom stereocenters. The van der Waals surface area contributed by atoms with Crippen LogP contribution in [0.25, 0.3) is 11.3 Å². The summed E-state index contributed by atoms with van der Waals surface area (Å²) in [6.07, 6.45) is -4.87. The van der Waals surface area contributed by atoms with Crippen LogP contribution in [0.5, 0.6) is 17.2 Å². The van der Waals surface area contributed by atoms with Crippen molar-refractivity contribution < 1.29 is 22.6 Å². The maximum atomic E-state index is 13.8. The fourth-order valence-corrected chi connectivity index (χ4v) is 4.06. The Balaban J connectivity index is 1.81. The molecule has 4 rings (SSSR count). The minimum atomic E-state index is -4.87. The number of nitriles is 1. The maximum Gasteiger partial charge on any atom is 0.417 e. The Morgan fingerprint density at radius 2 is 1.62 bits per heavy atom. The van der Waals surface area contributed by atoms with Gasteiger partial charge in [0.05, 0.1) is 24.9 Å². The summed E-state index contributed by atoms with van der Waals surface area (Å²) in [5.74, 6) is 1.59. The number of methoxy groups -OCH3 is 1. The highest BCUT2D eigenvalue weighted by Crippen LogP contribution is 2.35. The Kier molecular flexibility index (Phi) is 7.07. The van der Waals surface area contributed by atoms with E-state index in [9.17, 15) is 23.2 Å². The van der Waals surface area contributed by atoms with Gasteiger partial charge in [-0.1, -0.05) is 29.8 Å². The third-order valence-corrected chi connectivity index (χ3v) is 5.97. The second-order valence-corrected chi connectivity index (χ2v) is 8.55. The summed E-state index contributed by atoms with van der Waals surface area (Å²) in [5.41, 5.74) is -0.106. The van der Waals surface area contributed by atoms with E-state index >= 15 is 0 Å². The number of alkyl halides is 3. The van der Waals surface area contributed by atoms with Gasteiger partial charge in [0.2, 0.25) is 0 Å². The highest BCUT2D eigenvalue weighted by Gasteiger charge is 2.36. The summed E-state index contributed by atoms with van der Waals surface area (Å²) in [4.78, 5) is 13.2. The van der Waals surface area contributed by atoms with Gasteiger partial charge < -0.3 is 14.0 Å². The largest absolute Gasteiger partial charge is 0.497 e. The molecule has 0 aliphatic rings. The number of ether oxygens (including phenoxy) is 2. The van der Waals surface area contributed by atoms with Crippen molar-refractivity contribution in [3.63, 3.8) is 0 Å². The SMILES string of the molecule is COc1cccc(Oc2ccc(-c3cc(C(F)(F)F)c(C#N)c(=O)n3Cc3ccc(C)cc3C)cc2)c1. The van der Waals surface area contributed by atoms with Gasteiger partial charge >= 0.3 is 6.18 Å². The molecule has 0 amide bonds. The van der Waals surface area contributed by atoms with Gasteiger partial charge in [-0.2, -0.15) is 18.4 Å². The average Bonchev–Trinajstić information content (AvgIpc) is 2.86. The molecular formula is C29H23F3N2O3. The van der Waals surface area contributed by atoms with Gasteiger partial charge in [-0.3, -0.25) is 4.79 Å². The van der Waals surface area contributed by atoms with Crippen LogP contribution in [-0.2, 0) is 12.7 Å². The zero-order valence-electron chi connectivity index (χ0n) is 20.4. The van der Waals surface area contributed by atoms with Crippen LogP contribution in [0.15, 0.2) is 77.6 Å². The van der Waals surface area contributed by atoms with E-state index in [-0.39, 0.29) is 12.2 Å². The van der Waals surface area contributed by atoms with Crippen LogP contribution >= 0.6 is 0 Å². The predicted molar refractivity (Wildman–Crippen MR) is 134 cm³/mol. The molecule has 0 unspecified atom stereocenters. The molecule has 0 aliphatic carbocycles. The van der Waals surface area contributed by atoms with Crippen LogP contribution in [0.1, 0.15) is 27.8 Å². The molecule has 3 aromatic carbocycles. The molecule has 0 spiro atoms. The lowest BCUT2D eigenvalue weighted by atomic mass is 10.0. The van der Waals surface area contributed by atoms with Crippen molar-refractivity contribution in [1.82, 2.24) is 4.57 Å². The Bertz CT molecular complexity index is 1550. The first-order valence-corrected chi connectivity index (χ1v) is 11.3. The van der Waals surface area contributed by atoms with Crippen molar-refractivity contribution in [1.29, 1.82) is 5.26 Å². The molecular weight excluding hydrogens is 481 g/mol. The summed E-state index contributed by atoms with van der Waals surface area (Å²) < 4.78 is 53.7. The quantitative estimate of drug-likeness (QED) is 0.287. The van der Waals surface area contributed by atoms with Gasteiger partial charge in [0, 0.05) is 6.07 Å². The standard InChI is InChI=1S/C29H23F3N2O3/c1-18-7-8-21(19(2)13-18)17-34-27(15-26(29(30,31)32)25(16-33)28(34)35)20-9-11-22(12-10-20)37-24-6-4-5-23(14-24)36-3/h4-15H,17H2,1-3H3. The minimum absolute atomic E-state index is 0.00909. The third-order valence-electron chi connectivity index (χ3n) is 5.97. The molecule has 37 heavy (non-hydrogen) atoms. The third kappa shape index (κ3) is 5.51. The van der Waals surface area contributed by atoms with Gasteiger partial charge in [0.15, 0.2) is 0 Å². The Morgan fingerprint density at radius 3 is 2.24 bits per heavy atom. The first kappa shape index (κ1) is 25.6. The molecule has 8 heteroatoms. The van der Waals surface area contributed by atoms with Gasteiger partial charge in [0.1, 0.15) is 28.9 Å². The lowest BCUT2D eigenvalue weighted by molar-refractivity contribution is -0.137. The van der Waals surface area contributed by atoms with Crippen LogP contribution < -0.4 is 15.0 Å². The van der Waals surface area contributed by atoms with Crippen LogP contribution in [0.3, 0.4) is 0 Å². The Hall–Kier alpha value is -4.51. The number of nitrogens with zero attached hydrogens (tertiary/aromatic N) is 2. The van der Waals surface area contributed by atoms with Crippen LogP contribution in [0, 0.1) is 25.2 Å². The van der Waals surface area contributed by atoms with E-state index in [1.807, 2.05) is 32.0 Å². The smallest absolute Gasteiger partial charge is 0.417 e. The predicted octanol–water partition coefficient (Wildman–Crippen LogP) is 6.87. The van der Waals surface area contributed by atoms with Gasteiger partial charge in [0.25, 0.3) is 5.56 Å². The zero-order valence-corrected chi connectivity index (χ0v) is 20.4. The number of halogens is 3. The summed E-state index contributed by atoms with van der Waals surface area (Å²) >= 11 is 0. The topological polar surface area (TPSA) is 64.2 Å². The molecule has 0 bridgehead atoms. The average molecular weight is 505 g/mol. The molecule has 0 radical (unpaired) electrons. The minimum Gasteiger partial charge on any atom is -0.497 e. The van der Waals surface area contributed by atoms with Crippen LogP contribution in [0.2, 0.25) is 0 Å². The van der Waals surface area contributed by atoms with Gasteiger partial charge in [-0.25, -0.2) is 0 Å². The van der Waals surface area contributed by atoms with E-state index in [2.05, 4.69) is 0 Å². The number of benzene rings is 3. The Morgan fingerprint density at radius 1 is 0.919 bits per heavy atom.